The van der Waals surface area contributed by atoms with Crippen molar-refractivity contribution in [3.8, 4) is 11.5 Å². The molecular weight excluding hydrogens is 465 g/mol. The van der Waals surface area contributed by atoms with E-state index in [9.17, 15) is 14.0 Å². The number of halogens is 2. The van der Waals surface area contributed by atoms with Crippen LogP contribution in [-0.2, 0) is 11.4 Å². The number of hydrogen-bond acceptors (Lipinski definition) is 5. The zero-order chi connectivity index (χ0) is 23.2. The van der Waals surface area contributed by atoms with Gasteiger partial charge in [-0.25, -0.2) is 4.39 Å². The molecule has 1 aliphatic rings. The molecule has 168 valence electrons. The van der Waals surface area contributed by atoms with Crippen molar-refractivity contribution < 1.29 is 23.5 Å². The summed E-state index contributed by atoms with van der Waals surface area (Å²) >= 11 is 6.79. The molecule has 3 aromatic carbocycles. The molecule has 2 amide bonds. The Balaban J connectivity index is 1.40. The topological polar surface area (TPSA) is 55.8 Å². The molecule has 0 saturated carbocycles. The van der Waals surface area contributed by atoms with E-state index in [0.29, 0.717) is 33.6 Å². The summed E-state index contributed by atoms with van der Waals surface area (Å²) in [6, 6.07) is 20.2. The summed E-state index contributed by atoms with van der Waals surface area (Å²) in [6.07, 6.45) is 1.66. The number of nitrogens with zero attached hydrogens (tertiary/aromatic N) is 1. The lowest BCUT2D eigenvalue weighted by Crippen LogP contribution is -2.32. The quantitative estimate of drug-likeness (QED) is 0.358. The van der Waals surface area contributed by atoms with Crippen LogP contribution in [0, 0.1) is 5.82 Å². The van der Waals surface area contributed by atoms with Crippen molar-refractivity contribution in [2.45, 2.75) is 6.61 Å². The fourth-order valence-corrected chi connectivity index (χ4v) is 4.07. The van der Waals surface area contributed by atoms with Gasteiger partial charge in [0.05, 0.1) is 11.4 Å². The lowest BCUT2D eigenvalue weighted by atomic mass is 10.1. The lowest BCUT2D eigenvalue weighted by Gasteiger charge is -2.13. The number of imide groups is 1. The fraction of sp³-hybridized carbons (Fsp3) is 0.120. The van der Waals surface area contributed by atoms with Crippen LogP contribution in [-0.4, -0.2) is 29.2 Å². The van der Waals surface area contributed by atoms with Gasteiger partial charge in [0.15, 0.2) is 0 Å². The van der Waals surface area contributed by atoms with Gasteiger partial charge in [-0.2, -0.15) is 0 Å². The molecule has 8 heteroatoms. The first-order valence-electron chi connectivity index (χ1n) is 10.1. The van der Waals surface area contributed by atoms with Crippen LogP contribution in [0.3, 0.4) is 0 Å². The Bertz CT molecular complexity index is 1180. The first-order valence-corrected chi connectivity index (χ1v) is 11.3. The Morgan fingerprint density at radius 1 is 0.939 bits per heavy atom. The molecule has 0 radical (unpaired) electrons. The Labute approximate surface area is 199 Å². The Hall–Kier alpha value is -3.29. The molecule has 33 heavy (non-hydrogen) atoms. The van der Waals surface area contributed by atoms with Gasteiger partial charge >= 0.3 is 0 Å². The SMILES string of the molecule is O=C1S/C(=C\c2ccccc2OCc2ccc(Cl)cc2)C(=O)N1CCOc1ccc(F)cc1. The lowest BCUT2D eigenvalue weighted by molar-refractivity contribution is -0.123. The highest BCUT2D eigenvalue weighted by Crippen LogP contribution is 2.34. The van der Waals surface area contributed by atoms with E-state index in [2.05, 4.69) is 0 Å². The number of rotatable bonds is 8. The van der Waals surface area contributed by atoms with Gasteiger partial charge in [-0.1, -0.05) is 41.9 Å². The van der Waals surface area contributed by atoms with Crippen LogP contribution in [0.1, 0.15) is 11.1 Å². The molecule has 1 saturated heterocycles. The summed E-state index contributed by atoms with van der Waals surface area (Å²) in [5.41, 5.74) is 1.65. The summed E-state index contributed by atoms with van der Waals surface area (Å²) in [6.45, 7) is 0.538. The maximum atomic E-state index is 13.0. The van der Waals surface area contributed by atoms with Crippen LogP contribution in [0.25, 0.3) is 6.08 Å². The van der Waals surface area contributed by atoms with Crippen molar-refractivity contribution in [1.82, 2.24) is 4.90 Å². The van der Waals surface area contributed by atoms with E-state index >= 15 is 0 Å². The first-order chi connectivity index (χ1) is 16.0. The number of para-hydroxylation sites is 1. The van der Waals surface area contributed by atoms with Crippen molar-refractivity contribution in [2.24, 2.45) is 0 Å². The normalized spacial score (nSPS) is 14.7. The van der Waals surface area contributed by atoms with Crippen molar-refractivity contribution in [1.29, 1.82) is 0 Å². The number of amides is 2. The smallest absolute Gasteiger partial charge is 0.293 e. The number of thioether (sulfide) groups is 1. The zero-order valence-corrected chi connectivity index (χ0v) is 18.9. The summed E-state index contributed by atoms with van der Waals surface area (Å²) in [5, 5.41) is 0.284. The molecule has 1 heterocycles. The minimum Gasteiger partial charge on any atom is -0.492 e. The highest BCUT2D eigenvalue weighted by atomic mass is 35.5. The van der Waals surface area contributed by atoms with E-state index in [1.807, 2.05) is 36.4 Å². The minimum atomic E-state index is -0.389. The molecule has 4 rings (SSSR count). The Kier molecular flexibility index (Phi) is 7.32. The van der Waals surface area contributed by atoms with Crippen LogP contribution in [0.4, 0.5) is 9.18 Å². The molecule has 5 nitrogen and oxygen atoms in total. The van der Waals surface area contributed by atoms with Crippen molar-refractivity contribution in [2.75, 3.05) is 13.2 Å². The Morgan fingerprint density at radius 3 is 2.42 bits per heavy atom. The average Bonchev–Trinajstić information content (AvgIpc) is 3.08. The third-order valence-electron chi connectivity index (χ3n) is 4.78. The highest BCUT2D eigenvalue weighted by molar-refractivity contribution is 8.18. The van der Waals surface area contributed by atoms with Gasteiger partial charge in [0.25, 0.3) is 11.1 Å². The molecule has 0 N–H and O–H groups in total. The van der Waals surface area contributed by atoms with Gasteiger partial charge < -0.3 is 9.47 Å². The maximum absolute atomic E-state index is 13.0. The molecule has 0 aromatic heterocycles. The molecular formula is C25H19ClFNO4S. The summed E-state index contributed by atoms with van der Waals surface area (Å²) in [7, 11) is 0. The van der Waals surface area contributed by atoms with Gasteiger partial charge in [0.2, 0.25) is 0 Å². The second-order valence-electron chi connectivity index (χ2n) is 7.09. The molecule has 0 spiro atoms. The van der Waals surface area contributed by atoms with Gasteiger partial charge in [-0.05, 0) is 65.9 Å². The standard InChI is InChI=1S/C25H19ClFNO4S/c26-19-7-5-17(6-8-19)16-32-22-4-2-1-3-18(22)15-23-24(29)28(25(30)33-23)13-14-31-21-11-9-20(27)10-12-21/h1-12,15H,13-14,16H2/b23-15-. The monoisotopic (exact) mass is 483 g/mol. The van der Waals surface area contributed by atoms with E-state index in [1.54, 1.807) is 18.2 Å². The molecule has 3 aromatic rings. The Morgan fingerprint density at radius 2 is 1.67 bits per heavy atom. The van der Waals surface area contributed by atoms with Crippen LogP contribution in [0.2, 0.25) is 5.02 Å². The maximum Gasteiger partial charge on any atom is 0.293 e. The third-order valence-corrected chi connectivity index (χ3v) is 5.94. The summed E-state index contributed by atoms with van der Waals surface area (Å²) in [4.78, 5) is 26.6. The fourth-order valence-electron chi connectivity index (χ4n) is 3.09. The predicted octanol–water partition coefficient (Wildman–Crippen LogP) is 6.17. The molecule has 1 fully saturated rings. The minimum absolute atomic E-state index is 0.0914. The van der Waals surface area contributed by atoms with E-state index in [0.717, 1.165) is 22.2 Å². The van der Waals surface area contributed by atoms with E-state index in [-0.39, 0.29) is 30.1 Å². The van der Waals surface area contributed by atoms with Gasteiger partial charge in [-0.3, -0.25) is 14.5 Å². The molecule has 0 aliphatic carbocycles. The van der Waals surface area contributed by atoms with Crippen LogP contribution in [0.15, 0.2) is 77.7 Å². The van der Waals surface area contributed by atoms with Gasteiger partial charge in [0.1, 0.15) is 30.5 Å². The van der Waals surface area contributed by atoms with Crippen LogP contribution in [0.5, 0.6) is 11.5 Å². The predicted molar refractivity (Wildman–Crippen MR) is 127 cm³/mol. The largest absolute Gasteiger partial charge is 0.492 e. The van der Waals surface area contributed by atoms with Crippen molar-refractivity contribution in [3.05, 3.63) is 99.7 Å². The summed E-state index contributed by atoms with van der Waals surface area (Å²) < 4.78 is 24.4. The van der Waals surface area contributed by atoms with Gasteiger partial charge in [0, 0.05) is 10.6 Å². The first kappa shape index (κ1) is 22.9. The molecule has 0 atom stereocenters. The number of benzene rings is 3. The number of ether oxygens (including phenoxy) is 2. The molecule has 0 bridgehead atoms. The number of hydrogen-bond donors (Lipinski definition) is 0. The zero-order valence-electron chi connectivity index (χ0n) is 17.4. The second-order valence-corrected chi connectivity index (χ2v) is 8.52. The number of carbonyl (C=O) groups excluding carboxylic acids is 2. The van der Waals surface area contributed by atoms with Crippen LogP contribution >= 0.6 is 23.4 Å². The molecule has 1 aliphatic heterocycles. The van der Waals surface area contributed by atoms with Gasteiger partial charge in [-0.15, -0.1) is 0 Å². The van der Waals surface area contributed by atoms with Crippen LogP contribution < -0.4 is 9.47 Å². The number of carbonyl (C=O) groups is 2. The van der Waals surface area contributed by atoms with E-state index in [4.69, 9.17) is 21.1 Å². The second kappa shape index (κ2) is 10.6. The third kappa shape index (κ3) is 5.94. The van der Waals surface area contributed by atoms with Crippen molar-refractivity contribution >= 4 is 40.6 Å². The molecule has 0 unspecified atom stereocenters. The van der Waals surface area contributed by atoms with E-state index < -0.39 is 0 Å². The van der Waals surface area contributed by atoms with E-state index in [1.165, 1.54) is 24.3 Å². The average molecular weight is 484 g/mol. The van der Waals surface area contributed by atoms with Crippen molar-refractivity contribution in [3.63, 3.8) is 0 Å². The summed E-state index contributed by atoms with van der Waals surface area (Å²) in [5.74, 6) is 0.306. The highest BCUT2D eigenvalue weighted by Gasteiger charge is 2.35.